The van der Waals surface area contributed by atoms with Gasteiger partial charge in [0.2, 0.25) is 10.0 Å². The lowest BCUT2D eigenvalue weighted by molar-refractivity contribution is 0.597. The average Bonchev–Trinajstić information content (AvgIpc) is 2.24. The molecular formula is C11H18N2O2S. The summed E-state index contributed by atoms with van der Waals surface area (Å²) < 4.78 is 22.2. The smallest absolute Gasteiger partial charge is 0.238 e. The fraction of sp³-hybridized carbons (Fsp3) is 0.455. The molecule has 0 fully saturated rings. The van der Waals surface area contributed by atoms with Crippen molar-refractivity contribution in [2.45, 2.75) is 31.2 Å². The van der Waals surface area contributed by atoms with Crippen molar-refractivity contribution in [1.29, 1.82) is 0 Å². The molecule has 0 unspecified atom stereocenters. The van der Waals surface area contributed by atoms with Gasteiger partial charge >= 0.3 is 0 Å². The van der Waals surface area contributed by atoms with Crippen LogP contribution in [0.25, 0.3) is 0 Å². The highest BCUT2D eigenvalue weighted by atomic mass is 32.2. The van der Waals surface area contributed by atoms with E-state index in [2.05, 4.69) is 12.2 Å². The Morgan fingerprint density at radius 3 is 2.75 bits per heavy atom. The molecule has 4 nitrogen and oxygen atoms in total. The Balaban J connectivity index is 2.62. The number of primary sulfonamides is 1. The van der Waals surface area contributed by atoms with Gasteiger partial charge in [-0.15, -0.1) is 0 Å². The van der Waals surface area contributed by atoms with Crippen LogP contribution in [-0.2, 0) is 16.6 Å². The fourth-order valence-electron chi connectivity index (χ4n) is 1.37. The molecule has 0 saturated heterocycles. The van der Waals surface area contributed by atoms with Gasteiger partial charge in [-0.2, -0.15) is 0 Å². The molecule has 1 rings (SSSR count). The van der Waals surface area contributed by atoms with E-state index in [4.69, 9.17) is 5.14 Å². The van der Waals surface area contributed by atoms with Crippen LogP contribution in [-0.4, -0.2) is 15.0 Å². The number of hydrogen-bond acceptors (Lipinski definition) is 3. The molecule has 1 aromatic rings. The van der Waals surface area contributed by atoms with Crippen LogP contribution in [0.3, 0.4) is 0 Å². The molecular weight excluding hydrogens is 224 g/mol. The first kappa shape index (κ1) is 13.2. The predicted molar refractivity (Wildman–Crippen MR) is 64.4 cm³/mol. The number of benzene rings is 1. The Morgan fingerprint density at radius 2 is 2.12 bits per heavy atom. The largest absolute Gasteiger partial charge is 0.313 e. The van der Waals surface area contributed by atoms with Crippen molar-refractivity contribution in [3.05, 3.63) is 29.8 Å². The number of sulfonamides is 1. The molecule has 0 aliphatic heterocycles. The van der Waals surface area contributed by atoms with Crippen LogP contribution in [0.15, 0.2) is 29.2 Å². The van der Waals surface area contributed by atoms with Gasteiger partial charge < -0.3 is 5.32 Å². The minimum atomic E-state index is -3.59. The molecule has 0 atom stereocenters. The maximum absolute atomic E-state index is 11.1. The van der Waals surface area contributed by atoms with Gasteiger partial charge in [0, 0.05) is 6.54 Å². The highest BCUT2D eigenvalue weighted by Gasteiger charge is 2.07. The van der Waals surface area contributed by atoms with Crippen LogP contribution in [0.4, 0.5) is 0 Å². The van der Waals surface area contributed by atoms with Gasteiger partial charge in [-0.25, -0.2) is 13.6 Å². The zero-order valence-corrected chi connectivity index (χ0v) is 10.3. The van der Waals surface area contributed by atoms with E-state index in [0.29, 0.717) is 6.54 Å². The standard InChI is InChI=1S/C11H18N2O2S/c1-2-3-7-13-9-10-5-4-6-11(8-10)16(12,14)15/h4-6,8,13H,2-3,7,9H2,1H3,(H2,12,14,15). The third kappa shape index (κ3) is 4.30. The Labute approximate surface area is 96.9 Å². The van der Waals surface area contributed by atoms with E-state index >= 15 is 0 Å². The number of nitrogens with two attached hydrogens (primary N) is 1. The summed E-state index contributed by atoms with van der Waals surface area (Å²) in [6.45, 7) is 3.74. The van der Waals surface area contributed by atoms with E-state index in [1.807, 2.05) is 6.07 Å². The molecule has 0 aromatic heterocycles. The van der Waals surface area contributed by atoms with Crippen molar-refractivity contribution in [1.82, 2.24) is 5.32 Å². The van der Waals surface area contributed by atoms with Crippen molar-refractivity contribution in [3.8, 4) is 0 Å². The van der Waals surface area contributed by atoms with Crippen molar-refractivity contribution in [3.63, 3.8) is 0 Å². The highest BCUT2D eigenvalue weighted by Crippen LogP contribution is 2.09. The summed E-state index contributed by atoms with van der Waals surface area (Å²) in [4.78, 5) is 0.169. The quantitative estimate of drug-likeness (QED) is 0.737. The third-order valence-corrected chi connectivity index (χ3v) is 3.17. The topological polar surface area (TPSA) is 72.2 Å². The summed E-state index contributed by atoms with van der Waals surface area (Å²) in [5.74, 6) is 0. The van der Waals surface area contributed by atoms with Gasteiger partial charge in [-0.05, 0) is 30.7 Å². The SMILES string of the molecule is CCCCNCc1cccc(S(N)(=O)=O)c1. The van der Waals surface area contributed by atoms with E-state index in [9.17, 15) is 8.42 Å². The van der Waals surface area contributed by atoms with Crippen molar-refractivity contribution in [2.75, 3.05) is 6.54 Å². The number of rotatable bonds is 6. The molecule has 0 amide bonds. The van der Waals surface area contributed by atoms with Gasteiger partial charge in [0.05, 0.1) is 4.90 Å². The third-order valence-electron chi connectivity index (χ3n) is 2.26. The summed E-state index contributed by atoms with van der Waals surface area (Å²) in [6.07, 6.45) is 2.26. The molecule has 3 N–H and O–H groups in total. The van der Waals surface area contributed by atoms with Crippen LogP contribution >= 0.6 is 0 Å². The van der Waals surface area contributed by atoms with Crippen molar-refractivity contribution >= 4 is 10.0 Å². The lowest BCUT2D eigenvalue weighted by Gasteiger charge is -2.05. The van der Waals surface area contributed by atoms with Crippen LogP contribution in [0.1, 0.15) is 25.3 Å². The fourth-order valence-corrected chi connectivity index (χ4v) is 1.95. The first-order chi connectivity index (χ1) is 7.54. The van der Waals surface area contributed by atoms with E-state index < -0.39 is 10.0 Å². The van der Waals surface area contributed by atoms with Gasteiger partial charge in [-0.3, -0.25) is 0 Å². The number of unbranched alkanes of at least 4 members (excludes halogenated alkanes) is 1. The summed E-state index contributed by atoms with van der Waals surface area (Å²) in [7, 11) is -3.59. The van der Waals surface area contributed by atoms with E-state index in [1.165, 1.54) is 6.07 Å². The molecule has 0 radical (unpaired) electrons. The molecule has 0 aliphatic rings. The Bertz CT molecular complexity index is 429. The Kier molecular flexibility index (Phi) is 4.92. The van der Waals surface area contributed by atoms with Crippen molar-refractivity contribution in [2.24, 2.45) is 5.14 Å². The predicted octanol–water partition coefficient (Wildman–Crippen LogP) is 1.22. The molecule has 90 valence electrons. The van der Waals surface area contributed by atoms with Crippen LogP contribution in [0.2, 0.25) is 0 Å². The molecule has 5 heteroatoms. The van der Waals surface area contributed by atoms with Crippen LogP contribution in [0, 0.1) is 0 Å². The molecule has 16 heavy (non-hydrogen) atoms. The Morgan fingerprint density at radius 1 is 1.38 bits per heavy atom. The second-order valence-electron chi connectivity index (χ2n) is 3.72. The average molecular weight is 242 g/mol. The summed E-state index contributed by atoms with van der Waals surface area (Å²) in [5.41, 5.74) is 0.933. The molecule has 0 spiro atoms. The lowest BCUT2D eigenvalue weighted by Crippen LogP contribution is -2.16. The van der Waals surface area contributed by atoms with E-state index in [1.54, 1.807) is 12.1 Å². The van der Waals surface area contributed by atoms with Crippen LogP contribution in [0.5, 0.6) is 0 Å². The lowest BCUT2D eigenvalue weighted by atomic mass is 10.2. The second-order valence-corrected chi connectivity index (χ2v) is 5.28. The van der Waals surface area contributed by atoms with Gasteiger partial charge in [0.25, 0.3) is 0 Å². The molecule has 0 bridgehead atoms. The summed E-state index contributed by atoms with van der Waals surface area (Å²) >= 11 is 0. The highest BCUT2D eigenvalue weighted by molar-refractivity contribution is 7.89. The zero-order valence-electron chi connectivity index (χ0n) is 9.44. The minimum Gasteiger partial charge on any atom is -0.313 e. The molecule has 1 aromatic carbocycles. The molecule has 0 heterocycles. The summed E-state index contributed by atoms with van der Waals surface area (Å²) in [5, 5.41) is 8.30. The zero-order chi connectivity index (χ0) is 12.0. The second kappa shape index (κ2) is 5.98. The first-order valence-electron chi connectivity index (χ1n) is 5.36. The monoisotopic (exact) mass is 242 g/mol. The maximum atomic E-state index is 11.1. The van der Waals surface area contributed by atoms with Crippen molar-refractivity contribution < 1.29 is 8.42 Å². The van der Waals surface area contributed by atoms with E-state index in [-0.39, 0.29) is 4.90 Å². The minimum absolute atomic E-state index is 0.169. The van der Waals surface area contributed by atoms with E-state index in [0.717, 1.165) is 24.9 Å². The normalized spacial score (nSPS) is 11.6. The van der Waals surface area contributed by atoms with Gasteiger partial charge in [0.15, 0.2) is 0 Å². The molecule has 0 saturated carbocycles. The molecule has 0 aliphatic carbocycles. The first-order valence-corrected chi connectivity index (χ1v) is 6.91. The maximum Gasteiger partial charge on any atom is 0.238 e. The summed E-state index contributed by atoms with van der Waals surface area (Å²) in [6, 6.07) is 6.70. The number of nitrogens with one attached hydrogen (secondary N) is 1. The van der Waals surface area contributed by atoms with Crippen LogP contribution < -0.4 is 10.5 Å². The van der Waals surface area contributed by atoms with Gasteiger partial charge in [-0.1, -0.05) is 25.5 Å². The number of hydrogen-bond donors (Lipinski definition) is 2. The van der Waals surface area contributed by atoms with Gasteiger partial charge in [0.1, 0.15) is 0 Å². The Hall–Kier alpha value is -0.910.